The molecule has 2 heterocycles. The van der Waals surface area contributed by atoms with Crippen molar-refractivity contribution in [1.82, 2.24) is 9.47 Å². The lowest BCUT2D eigenvalue weighted by atomic mass is 10.1. The smallest absolute Gasteiger partial charge is 0.329 e. The van der Waals surface area contributed by atoms with Gasteiger partial charge in [0.15, 0.2) is 0 Å². The highest BCUT2D eigenvalue weighted by Crippen LogP contribution is 2.30. The fourth-order valence-electron chi connectivity index (χ4n) is 2.84. The molecular weight excluding hydrogens is 272 g/mol. The molecule has 0 aliphatic carbocycles. The highest BCUT2D eigenvalue weighted by Gasteiger charge is 2.28. The SMILES string of the molecule is Cn1cccc1C1CCCCCN1C(=O)COCC(=O)O. The highest BCUT2D eigenvalue weighted by molar-refractivity contribution is 5.78. The molecule has 1 aromatic heterocycles. The molecule has 0 aromatic carbocycles. The Morgan fingerprint density at radius 3 is 2.81 bits per heavy atom. The first-order chi connectivity index (χ1) is 10.1. The number of hydrogen-bond donors (Lipinski definition) is 1. The molecule has 116 valence electrons. The third-order valence-electron chi connectivity index (χ3n) is 3.85. The number of carboxylic acids is 1. The van der Waals surface area contributed by atoms with E-state index in [2.05, 4.69) is 0 Å². The molecule has 1 unspecified atom stereocenters. The van der Waals surface area contributed by atoms with Gasteiger partial charge < -0.3 is 19.3 Å². The van der Waals surface area contributed by atoms with Crippen molar-refractivity contribution in [2.75, 3.05) is 19.8 Å². The maximum absolute atomic E-state index is 12.3. The second-order valence-electron chi connectivity index (χ2n) is 5.38. The Balaban J connectivity index is 2.07. The lowest BCUT2D eigenvalue weighted by Crippen LogP contribution is -2.38. The summed E-state index contributed by atoms with van der Waals surface area (Å²) in [6, 6.07) is 4.06. The lowest BCUT2D eigenvalue weighted by molar-refractivity contribution is -0.146. The minimum atomic E-state index is -1.06. The van der Waals surface area contributed by atoms with E-state index in [1.54, 1.807) is 0 Å². The van der Waals surface area contributed by atoms with E-state index in [0.717, 1.165) is 31.4 Å². The van der Waals surface area contributed by atoms with Gasteiger partial charge in [-0.15, -0.1) is 0 Å². The van der Waals surface area contributed by atoms with Crippen molar-refractivity contribution in [3.8, 4) is 0 Å². The number of carbonyl (C=O) groups is 2. The highest BCUT2D eigenvalue weighted by atomic mass is 16.5. The van der Waals surface area contributed by atoms with Gasteiger partial charge in [-0.2, -0.15) is 0 Å². The Morgan fingerprint density at radius 1 is 1.33 bits per heavy atom. The maximum Gasteiger partial charge on any atom is 0.329 e. The summed E-state index contributed by atoms with van der Waals surface area (Å²) < 4.78 is 6.99. The van der Waals surface area contributed by atoms with E-state index in [9.17, 15) is 9.59 Å². The fourth-order valence-corrected chi connectivity index (χ4v) is 2.84. The van der Waals surface area contributed by atoms with Gasteiger partial charge in [0.2, 0.25) is 5.91 Å². The van der Waals surface area contributed by atoms with Gasteiger partial charge in [-0.05, 0) is 25.0 Å². The Kier molecular flexibility index (Phi) is 5.38. The Hall–Kier alpha value is -1.82. The van der Waals surface area contributed by atoms with Gasteiger partial charge in [0, 0.05) is 25.5 Å². The number of aryl methyl sites for hydroxylation is 1. The van der Waals surface area contributed by atoms with Crippen molar-refractivity contribution in [2.24, 2.45) is 7.05 Å². The Morgan fingerprint density at radius 2 is 2.14 bits per heavy atom. The number of aromatic nitrogens is 1. The van der Waals surface area contributed by atoms with Gasteiger partial charge in [-0.3, -0.25) is 4.79 Å². The fraction of sp³-hybridized carbons (Fsp3) is 0.600. The van der Waals surface area contributed by atoms with Crippen molar-refractivity contribution in [3.63, 3.8) is 0 Å². The van der Waals surface area contributed by atoms with E-state index < -0.39 is 12.6 Å². The standard InChI is InChI=1S/C15H22N2O4/c1-16-8-5-7-12(16)13-6-3-2-4-9-17(13)14(18)10-21-11-15(19)20/h5,7-8,13H,2-4,6,9-11H2,1H3,(H,19,20). The minimum Gasteiger partial charge on any atom is -0.480 e. The van der Waals surface area contributed by atoms with E-state index in [0.29, 0.717) is 6.54 Å². The van der Waals surface area contributed by atoms with Crippen molar-refractivity contribution < 1.29 is 19.4 Å². The molecule has 0 saturated carbocycles. The summed E-state index contributed by atoms with van der Waals surface area (Å²) in [5.74, 6) is -1.19. The first-order valence-electron chi connectivity index (χ1n) is 7.30. The lowest BCUT2D eigenvalue weighted by Gasteiger charge is -2.30. The third kappa shape index (κ3) is 4.07. The topological polar surface area (TPSA) is 71.8 Å². The Bertz CT molecular complexity index is 498. The van der Waals surface area contributed by atoms with E-state index in [4.69, 9.17) is 9.84 Å². The first-order valence-corrected chi connectivity index (χ1v) is 7.30. The van der Waals surface area contributed by atoms with Crippen LogP contribution in [0.25, 0.3) is 0 Å². The molecule has 1 fully saturated rings. The van der Waals surface area contributed by atoms with Crippen LogP contribution < -0.4 is 0 Å². The number of nitrogens with zero attached hydrogens (tertiary/aromatic N) is 2. The average Bonchev–Trinajstić information content (AvgIpc) is 2.72. The molecule has 0 radical (unpaired) electrons. The number of hydrogen-bond acceptors (Lipinski definition) is 3. The van der Waals surface area contributed by atoms with E-state index in [1.165, 1.54) is 0 Å². The number of rotatable bonds is 5. The number of carbonyl (C=O) groups excluding carboxylic acids is 1. The molecule has 2 rings (SSSR count). The molecule has 6 heteroatoms. The average molecular weight is 294 g/mol. The van der Waals surface area contributed by atoms with Gasteiger partial charge in [0.25, 0.3) is 0 Å². The summed E-state index contributed by atoms with van der Waals surface area (Å²) >= 11 is 0. The number of carboxylic acid groups (broad SMARTS) is 1. The summed E-state index contributed by atoms with van der Waals surface area (Å²) in [6.45, 7) is 0.0900. The van der Waals surface area contributed by atoms with Crippen LogP contribution in [0.3, 0.4) is 0 Å². The van der Waals surface area contributed by atoms with Crippen molar-refractivity contribution in [2.45, 2.75) is 31.7 Å². The van der Waals surface area contributed by atoms with Crippen LogP contribution >= 0.6 is 0 Å². The van der Waals surface area contributed by atoms with Crippen LogP contribution in [0, 0.1) is 0 Å². The number of likely N-dealkylation sites (tertiary alicyclic amines) is 1. The molecule has 1 atom stereocenters. The number of aliphatic carboxylic acids is 1. The normalized spacial score (nSPS) is 19.3. The predicted octanol–water partition coefficient (Wildman–Crippen LogP) is 1.57. The molecular formula is C15H22N2O4. The van der Waals surface area contributed by atoms with Gasteiger partial charge in [0.05, 0.1) is 6.04 Å². The molecule has 21 heavy (non-hydrogen) atoms. The number of amides is 1. The molecule has 6 nitrogen and oxygen atoms in total. The number of ether oxygens (including phenoxy) is 1. The quantitative estimate of drug-likeness (QED) is 0.894. The third-order valence-corrected chi connectivity index (χ3v) is 3.85. The van der Waals surface area contributed by atoms with Crippen LogP contribution in [0.1, 0.15) is 37.4 Å². The van der Waals surface area contributed by atoms with Crippen LogP contribution in [0.4, 0.5) is 0 Å². The molecule has 0 bridgehead atoms. The summed E-state index contributed by atoms with van der Waals surface area (Å²) in [4.78, 5) is 24.6. The Labute approximate surface area is 124 Å². The summed E-state index contributed by atoms with van der Waals surface area (Å²) in [5.41, 5.74) is 1.11. The molecule has 1 amide bonds. The second kappa shape index (κ2) is 7.26. The summed E-state index contributed by atoms with van der Waals surface area (Å²) in [7, 11) is 1.98. The molecule has 1 aromatic rings. The van der Waals surface area contributed by atoms with Crippen LogP contribution in [-0.2, 0) is 21.4 Å². The van der Waals surface area contributed by atoms with E-state index >= 15 is 0 Å². The first kappa shape index (κ1) is 15.6. The van der Waals surface area contributed by atoms with Crippen LogP contribution in [-0.4, -0.2) is 46.2 Å². The summed E-state index contributed by atoms with van der Waals surface area (Å²) in [6.07, 6.45) is 6.09. The zero-order valence-corrected chi connectivity index (χ0v) is 12.3. The van der Waals surface area contributed by atoms with Crippen molar-refractivity contribution in [3.05, 3.63) is 24.0 Å². The van der Waals surface area contributed by atoms with E-state index in [-0.39, 0.29) is 18.6 Å². The van der Waals surface area contributed by atoms with Crippen molar-refractivity contribution >= 4 is 11.9 Å². The largest absolute Gasteiger partial charge is 0.480 e. The van der Waals surface area contributed by atoms with Crippen LogP contribution in [0.5, 0.6) is 0 Å². The molecule has 1 aliphatic heterocycles. The summed E-state index contributed by atoms with van der Waals surface area (Å²) in [5, 5.41) is 8.57. The molecule has 0 spiro atoms. The van der Waals surface area contributed by atoms with Crippen LogP contribution in [0.2, 0.25) is 0 Å². The van der Waals surface area contributed by atoms with Gasteiger partial charge >= 0.3 is 5.97 Å². The van der Waals surface area contributed by atoms with E-state index in [1.807, 2.05) is 34.8 Å². The van der Waals surface area contributed by atoms with Gasteiger partial charge in [0.1, 0.15) is 13.2 Å². The maximum atomic E-state index is 12.3. The predicted molar refractivity (Wildman–Crippen MR) is 76.8 cm³/mol. The second-order valence-corrected chi connectivity index (χ2v) is 5.38. The van der Waals surface area contributed by atoms with Crippen molar-refractivity contribution in [1.29, 1.82) is 0 Å². The monoisotopic (exact) mass is 294 g/mol. The van der Waals surface area contributed by atoms with Crippen LogP contribution in [0.15, 0.2) is 18.3 Å². The zero-order chi connectivity index (χ0) is 15.2. The molecule has 1 N–H and O–H groups in total. The zero-order valence-electron chi connectivity index (χ0n) is 12.3. The van der Waals surface area contributed by atoms with Gasteiger partial charge in [-0.25, -0.2) is 4.79 Å². The minimum absolute atomic E-state index is 0.0495. The molecule has 1 aliphatic rings. The van der Waals surface area contributed by atoms with Gasteiger partial charge in [-0.1, -0.05) is 12.8 Å². The molecule has 1 saturated heterocycles.